The van der Waals surface area contributed by atoms with Crippen LogP contribution >= 0.6 is 15.9 Å². The second-order valence-electron chi connectivity index (χ2n) is 4.58. The fourth-order valence-electron chi connectivity index (χ4n) is 1.39. The van der Waals surface area contributed by atoms with Crippen molar-refractivity contribution in [1.82, 2.24) is 0 Å². The smallest absolute Gasteiger partial charge is 0.143 e. The van der Waals surface area contributed by atoms with Gasteiger partial charge in [0.25, 0.3) is 0 Å². The summed E-state index contributed by atoms with van der Waals surface area (Å²) in [6.07, 6.45) is 0. The minimum Gasteiger partial charge on any atom is -0.386 e. The Labute approximate surface area is 98.4 Å². The van der Waals surface area contributed by atoms with Crippen LogP contribution in [0, 0.1) is 5.82 Å². The van der Waals surface area contributed by atoms with Crippen LogP contribution in [0.1, 0.15) is 44.7 Å². The Hall–Kier alpha value is -0.410. The highest BCUT2D eigenvalue weighted by molar-refractivity contribution is 9.10. The maximum Gasteiger partial charge on any atom is 0.143 e. The number of hydrogen-bond acceptors (Lipinski definition) is 1. The number of rotatable bonds is 2. The minimum absolute atomic E-state index is 0.308. The summed E-state index contributed by atoms with van der Waals surface area (Å²) in [5, 5.41) is 9.84. The van der Waals surface area contributed by atoms with Gasteiger partial charge in [-0.3, -0.25) is 0 Å². The van der Waals surface area contributed by atoms with E-state index in [1.54, 1.807) is 26.0 Å². The average molecular weight is 275 g/mol. The Morgan fingerprint density at radius 3 is 2.27 bits per heavy atom. The van der Waals surface area contributed by atoms with E-state index in [2.05, 4.69) is 15.9 Å². The second-order valence-corrected chi connectivity index (χ2v) is 5.43. The predicted molar refractivity (Wildman–Crippen MR) is 63.4 cm³/mol. The molecule has 0 atom stereocenters. The summed E-state index contributed by atoms with van der Waals surface area (Å²) in [5.41, 5.74) is 0.193. The maximum absolute atomic E-state index is 13.7. The molecule has 1 nitrogen and oxygen atoms in total. The first-order chi connectivity index (χ1) is 6.73. The van der Waals surface area contributed by atoms with Crippen LogP contribution in [0.5, 0.6) is 0 Å². The quantitative estimate of drug-likeness (QED) is 0.866. The third kappa shape index (κ3) is 2.79. The van der Waals surface area contributed by atoms with E-state index in [0.717, 1.165) is 5.56 Å². The van der Waals surface area contributed by atoms with E-state index in [1.165, 1.54) is 0 Å². The molecule has 0 bridgehead atoms. The summed E-state index contributed by atoms with van der Waals surface area (Å²) >= 11 is 3.17. The lowest BCUT2D eigenvalue weighted by molar-refractivity contribution is 0.0743. The van der Waals surface area contributed by atoms with Gasteiger partial charge < -0.3 is 5.11 Å². The summed E-state index contributed by atoms with van der Waals surface area (Å²) < 4.78 is 14.1. The third-order valence-electron chi connectivity index (χ3n) is 2.38. The van der Waals surface area contributed by atoms with Gasteiger partial charge >= 0.3 is 0 Å². The van der Waals surface area contributed by atoms with E-state index in [0.29, 0.717) is 16.0 Å². The summed E-state index contributed by atoms with van der Waals surface area (Å²) in [6, 6.07) is 3.49. The fourth-order valence-corrected chi connectivity index (χ4v) is 1.87. The van der Waals surface area contributed by atoms with Gasteiger partial charge in [0.15, 0.2) is 0 Å². The molecule has 84 valence electrons. The molecule has 0 amide bonds. The largest absolute Gasteiger partial charge is 0.386 e. The van der Waals surface area contributed by atoms with Crippen molar-refractivity contribution < 1.29 is 9.50 Å². The van der Waals surface area contributed by atoms with Crippen molar-refractivity contribution in [3.63, 3.8) is 0 Å². The lowest BCUT2D eigenvalue weighted by atomic mass is 9.92. The normalized spacial score (nSPS) is 12.3. The van der Waals surface area contributed by atoms with Crippen LogP contribution in [-0.2, 0) is 5.60 Å². The van der Waals surface area contributed by atoms with Gasteiger partial charge in [-0.2, -0.15) is 0 Å². The SMILES string of the molecule is CC(C)c1cc(Br)c(F)c(C(C)(C)O)c1. The highest BCUT2D eigenvalue weighted by atomic mass is 79.9. The zero-order valence-corrected chi connectivity index (χ0v) is 11.0. The molecule has 0 aliphatic rings. The molecule has 1 rings (SSSR count). The van der Waals surface area contributed by atoms with Crippen LogP contribution in [0.3, 0.4) is 0 Å². The van der Waals surface area contributed by atoms with Crippen LogP contribution in [0.2, 0.25) is 0 Å². The molecule has 0 radical (unpaired) electrons. The van der Waals surface area contributed by atoms with E-state index >= 15 is 0 Å². The lowest BCUT2D eigenvalue weighted by Crippen LogP contribution is -2.18. The standard InChI is InChI=1S/C12H16BrFO/c1-7(2)8-5-9(12(3,4)15)11(14)10(13)6-8/h5-7,15H,1-4H3. The number of benzene rings is 1. The molecule has 0 aliphatic heterocycles. The average Bonchev–Trinajstić information content (AvgIpc) is 2.06. The number of aliphatic hydroxyl groups is 1. The highest BCUT2D eigenvalue weighted by Crippen LogP contribution is 2.31. The maximum atomic E-state index is 13.7. The molecule has 0 saturated carbocycles. The highest BCUT2D eigenvalue weighted by Gasteiger charge is 2.23. The molecule has 1 N–H and O–H groups in total. The van der Waals surface area contributed by atoms with E-state index < -0.39 is 5.60 Å². The summed E-state index contributed by atoms with van der Waals surface area (Å²) in [5.74, 6) is -0.0742. The molecule has 0 unspecified atom stereocenters. The number of hydrogen-bond donors (Lipinski definition) is 1. The Bertz CT molecular complexity index is 367. The Morgan fingerprint density at radius 2 is 1.87 bits per heavy atom. The van der Waals surface area contributed by atoms with E-state index in [9.17, 15) is 9.50 Å². The van der Waals surface area contributed by atoms with E-state index in [4.69, 9.17) is 0 Å². The van der Waals surface area contributed by atoms with Gasteiger partial charge in [-0.1, -0.05) is 13.8 Å². The number of halogens is 2. The van der Waals surface area contributed by atoms with Gasteiger partial charge in [0.05, 0.1) is 10.1 Å². The van der Waals surface area contributed by atoms with Crippen LogP contribution in [0.4, 0.5) is 4.39 Å². The summed E-state index contributed by atoms with van der Waals surface area (Å²) in [6.45, 7) is 7.24. The van der Waals surface area contributed by atoms with Crippen molar-refractivity contribution in [2.75, 3.05) is 0 Å². The molecule has 0 heterocycles. The first-order valence-electron chi connectivity index (χ1n) is 4.95. The van der Waals surface area contributed by atoms with Gasteiger partial charge in [0, 0.05) is 5.56 Å². The molecular weight excluding hydrogens is 259 g/mol. The third-order valence-corrected chi connectivity index (χ3v) is 2.95. The molecular formula is C12H16BrFO. The molecule has 1 aromatic rings. The fraction of sp³-hybridized carbons (Fsp3) is 0.500. The molecule has 1 aromatic carbocycles. The topological polar surface area (TPSA) is 20.2 Å². The van der Waals surface area contributed by atoms with Gasteiger partial charge in [-0.15, -0.1) is 0 Å². The molecule has 3 heteroatoms. The Balaban J connectivity index is 3.38. The zero-order valence-electron chi connectivity index (χ0n) is 9.44. The van der Waals surface area contributed by atoms with Gasteiger partial charge in [-0.05, 0) is 53.4 Å². The van der Waals surface area contributed by atoms with Gasteiger partial charge in [-0.25, -0.2) is 4.39 Å². The van der Waals surface area contributed by atoms with Crippen LogP contribution in [0.25, 0.3) is 0 Å². The van der Waals surface area contributed by atoms with Crippen LogP contribution < -0.4 is 0 Å². The molecule has 0 fully saturated rings. The molecule has 15 heavy (non-hydrogen) atoms. The van der Waals surface area contributed by atoms with E-state index in [1.807, 2.05) is 13.8 Å². The van der Waals surface area contributed by atoms with Crippen molar-refractivity contribution in [2.24, 2.45) is 0 Å². The van der Waals surface area contributed by atoms with Crippen molar-refractivity contribution in [3.8, 4) is 0 Å². The second kappa shape index (κ2) is 4.22. The summed E-state index contributed by atoms with van der Waals surface area (Å²) in [4.78, 5) is 0. The van der Waals surface area contributed by atoms with Gasteiger partial charge in [0.2, 0.25) is 0 Å². The minimum atomic E-state index is -1.16. The molecule has 0 aliphatic carbocycles. The van der Waals surface area contributed by atoms with E-state index in [-0.39, 0.29) is 5.82 Å². The molecule has 0 aromatic heterocycles. The molecule has 0 spiro atoms. The zero-order chi connectivity index (χ0) is 11.8. The molecule has 0 saturated heterocycles. The Morgan fingerprint density at radius 1 is 1.33 bits per heavy atom. The van der Waals surface area contributed by atoms with Crippen LogP contribution in [0.15, 0.2) is 16.6 Å². The first kappa shape index (κ1) is 12.7. The first-order valence-corrected chi connectivity index (χ1v) is 5.74. The van der Waals surface area contributed by atoms with Crippen molar-refractivity contribution in [3.05, 3.63) is 33.5 Å². The predicted octanol–water partition coefficient (Wildman–Crippen LogP) is 3.94. The summed E-state index contributed by atoms with van der Waals surface area (Å²) in [7, 11) is 0. The van der Waals surface area contributed by atoms with Crippen molar-refractivity contribution in [1.29, 1.82) is 0 Å². The van der Waals surface area contributed by atoms with Crippen molar-refractivity contribution >= 4 is 15.9 Å². The van der Waals surface area contributed by atoms with Crippen molar-refractivity contribution in [2.45, 2.75) is 39.2 Å². The van der Waals surface area contributed by atoms with Gasteiger partial charge in [0.1, 0.15) is 5.82 Å². The Kier molecular flexibility index (Phi) is 3.56. The lowest BCUT2D eigenvalue weighted by Gasteiger charge is -2.21. The van der Waals surface area contributed by atoms with Crippen LogP contribution in [-0.4, -0.2) is 5.11 Å². The monoisotopic (exact) mass is 274 g/mol.